The number of rotatable bonds is 2. The summed E-state index contributed by atoms with van der Waals surface area (Å²) in [4.78, 5) is 10.4. The van der Waals surface area contributed by atoms with Gasteiger partial charge in [-0.3, -0.25) is 4.79 Å². The zero-order chi connectivity index (χ0) is 8.27. The first-order valence-corrected chi connectivity index (χ1v) is 4.12. The Morgan fingerprint density at radius 2 is 2.09 bits per heavy atom. The molecule has 62 valence electrons. The molecule has 1 N–H and O–H groups in total. The van der Waals surface area contributed by atoms with E-state index in [1.807, 2.05) is 6.08 Å². The van der Waals surface area contributed by atoms with Crippen LogP contribution < -0.4 is 0 Å². The Morgan fingerprint density at radius 1 is 1.55 bits per heavy atom. The van der Waals surface area contributed by atoms with Gasteiger partial charge >= 0.3 is 5.97 Å². The number of aliphatic carboxylic acids is 1. The standard InChI is InChI=1S/C9H14O2/c1-7(9(10)11)6-8-4-2-3-5-8/h6-7H,2-5H2,1H3,(H,10,11). The van der Waals surface area contributed by atoms with Crippen LogP contribution in [0.25, 0.3) is 0 Å². The Labute approximate surface area is 66.9 Å². The van der Waals surface area contributed by atoms with Crippen LogP contribution in [0, 0.1) is 5.92 Å². The van der Waals surface area contributed by atoms with Crippen LogP contribution in [0.2, 0.25) is 0 Å². The van der Waals surface area contributed by atoms with Crippen molar-refractivity contribution in [2.24, 2.45) is 5.92 Å². The quantitative estimate of drug-likeness (QED) is 0.619. The van der Waals surface area contributed by atoms with Gasteiger partial charge < -0.3 is 5.11 Å². The third kappa shape index (κ3) is 2.37. The van der Waals surface area contributed by atoms with E-state index in [-0.39, 0.29) is 5.92 Å². The van der Waals surface area contributed by atoms with E-state index in [9.17, 15) is 4.79 Å². The topological polar surface area (TPSA) is 37.3 Å². The number of hydrogen-bond donors (Lipinski definition) is 1. The lowest BCUT2D eigenvalue weighted by Crippen LogP contribution is -2.06. The van der Waals surface area contributed by atoms with Crippen molar-refractivity contribution < 1.29 is 9.90 Å². The van der Waals surface area contributed by atoms with Gasteiger partial charge in [0, 0.05) is 0 Å². The maximum absolute atomic E-state index is 10.4. The van der Waals surface area contributed by atoms with Crippen LogP contribution in [0.5, 0.6) is 0 Å². The Balaban J connectivity index is 2.49. The Hall–Kier alpha value is -0.790. The van der Waals surface area contributed by atoms with Crippen LogP contribution in [0.4, 0.5) is 0 Å². The Bertz CT molecular complexity index is 174. The van der Waals surface area contributed by atoms with Crippen molar-refractivity contribution in [3.8, 4) is 0 Å². The molecule has 0 radical (unpaired) electrons. The monoisotopic (exact) mass is 154 g/mol. The summed E-state index contributed by atoms with van der Waals surface area (Å²) in [6.45, 7) is 1.73. The van der Waals surface area contributed by atoms with Crippen LogP contribution in [0.15, 0.2) is 11.6 Å². The van der Waals surface area contributed by atoms with Gasteiger partial charge in [0.1, 0.15) is 0 Å². The number of carbonyl (C=O) groups is 1. The van der Waals surface area contributed by atoms with Crippen molar-refractivity contribution in [3.05, 3.63) is 11.6 Å². The minimum absolute atomic E-state index is 0.303. The highest BCUT2D eigenvalue weighted by molar-refractivity contribution is 5.71. The lowest BCUT2D eigenvalue weighted by molar-refractivity contribution is -0.139. The number of carboxylic acids is 1. The van der Waals surface area contributed by atoms with Gasteiger partial charge in [-0.1, -0.05) is 11.6 Å². The van der Waals surface area contributed by atoms with Gasteiger partial charge in [-0.2, -0.15) is 0 Å². The molecule has 0 aromatic heterocycles. The Morgan fingerprint density at radius 3 is 2.55 bits per heavy atom. The predicted octanol–water partition coefficient (Wildman–Crippen LogP) is 2.21. The van der Waals surface area contributed by atoms with Crippen molar-refractivity contribution in [2.75, 3.05) is 0 Å². The van der Waals surface area contributed by atoms with Crippen LogP contribution in [0.1, 0.15) is 32.6 Å². The zero-order valence-corrected chi connectivity index (χ0v) is 6.84. The molecule has 1 unspecified atom stereocenters. The van der Waals surface area contributed by atoms with Gasteiger partial charge in [0.25, 0.3) is 0 Å². The molecule has 0 bridgehead atoms. The van der Waals surface area contributed by atoms with Gasteiger partial charge in [0.2, 0.25) is 0 Å². The first kappa shape index (κ1) is 8.31. The molecule has 2 heteroatoms. The zero-order valence-electron chi connectivity index (χ0n) is 6.84. The summed E-state index contributed by atoms with van der Waals surface area (Å²) in [5, 5.41) is 8.60. The molecular weight excluding hydrogens is 140 g/mol. The first-order chi connectivity index (χ1) is 5.20. The van der Waals surface area contributed by atoms with E-state index in [0.717, 1.165) is 12.8 Å². The molecule has 11 heavy (non-hydrogen) atoms. The SMILES string of the molecule is CC(C=C1CCCC1)C(=O)O. The van der Waals surface area contributed by atoms with Crippen molar-refractivity contribution >= 4 is 5.97 Å². The number of carboxylic acid groups (broad SMARTS) is 1. The molecule has 1 fully saturated rings. The van der Waals surface area contributed by atoms with Crippen molar-refractivity contribution in [2.45, 2.75) is 32.6 Å². The van der Waals surface area contributed by atoms with E-state index in [0.29, 0.717) is 0 Å². The predicted molar refractivity (Wildman–Crippen MR) is 43.4 cm³/mol. The molecule has 1 atom stereocenters. The summed E-state index contributed by atoms with van der Waals surface area (Å²) < 4.78 is 0. The minimum Gasteiger partial charge on any atom is -0.481 e. The lowest BCUT2D eigenvalue weighted by atomic mass is 10.1. The summed E-state index contributed by atoms with van der Waals surface area (Å²) in [6, 6.07) is 0. The average molecular weight is 154 g/mol. The van der Waals surface area contributed by atoms with Crippen LogP contribution >= 0.6 is 0 Å². The fourth-order valence-corrected chi connectivity index (χ4v) is 1.42. The highest BCUT2D eigenvalue weighted by Crippen LogP contribution is 2.24. The van der Waals surface area contributed by atoms with Crippen LogP contribution in [-0.4, -0.2) is 11.1 Å². The summed E-state index contributed by atoms with van der Waals surface area (Å²) in [5.41, 5.74) is 1.33. The van der Waals surface area contributed by atoms with Crippen molar-refractivity contribution in [1.29, 1.82) is 0 Å². The third-order valence-corrected chi connectivity index (χ3v) is 2.12. The highest BCUT2D eigenvalue weighted by Gasteiger charge is 2.11. The van der Waals surface area contributed by atoms with Gasteiger partial charge in [0.15, 0.2) is 0 Å². The number of allylic oxidation sites excluding steroid dienone is 1. The molecule has 1 aliphatic carbocycles. The molecule has 1 saturated carbocycles. The second kappa shape index (κ2) is 3.56. The molecule has 0 spiro atoms. The first-order valence-electron chi connectivity index (χ1n) is 4.12. The largest absolute Gasteiger partial charge is 0.481 e. The van der Waals surface area contributed by atoms with E-state index in [2.05, 4.69) is 0 Å². The lowest BCUT2D eigenvalue weighted by Gasteiger charge is -2.00. The minimum atomic E-state index is -0.718. The third-order valence-electron chi connectivity index (χ3n) is 2.12. The van der Waals surface area contributed by atoms with Crippen LogP contribution in [0.3, 0.4) is 0 Å². The molecule has 0 aliphatic heterocycles. The summed E-state index contributed by atoms with van der Waals surface area (Å²) in [7, 11) is 0. The molecule has 0 saturated heterocycles. The summed E-state index contributed by atoms with van der Waals surface area (Å²) in [6.07, 6.45) is 6.58. The maximum Gasteiger partial charge on any atom is 0.310 e. The van der Waals surface area contributed by atoms with Gasteiger partial charge in [0.05, 0.1) is 5.92 Å². The van der Waals surface area contributed by atoms with E-state index in [1.165, 1.54) is 18.4 Å². The number of hydrogen-bond acceptors (Lipinski definition) is 1. The normalized spacial score (nSPS) is 19.9. The highest BCUT2D eigenvalue weighted by atomic mass is 16.4. The van der Waals surface area contributed by atoms with E-state index in [1.54, 1.807) is 6.92 Å². The molecule has 1 rings (SSSR count). The molecule has 1 aliphatic rings. The van der Waals surface area contributed by atoms with E-state index < -0.39 is 5.97 Å². The van der Waals surface area contributed by atoms with Gasteiger partial charge in [-0.25, -0.2) is 0 Å². The van der Waals surface area contributed by atoms with Gasteiger partial charge in [-0.05, 0) is 32.6 Å². The van der Waals surface area contributed by atoms with Crippen LogP contribution in [-0.2, 0) is 4.79 Å². The molecule has 0 amide bonds. The van der Waals surface area contributed by atoms with E-state index >= 15 is 0 Å². The maximum atomic E-state index is 10.4. The summed E-state index contributed by atoms with van der Waals surface area (Å²) in [5.74, 6) is -1.02. The van der Waals surface area contributed by atoms with Crippen molar-refractivity contribution in [3.63, 3.8) is 0 Å². The molecule has 0 aromatic carbocycles. The molecule has 0 aromatic rings. The second-order valence-electron chi connectivity index (χ2n) is 3.16. The fourth-order valence-electron chi connectivity index (χ4n) is 1.42. The average Bonchev–Trinajstić information content (AvgIpc) is 2.39. The summed E-state index contributed by atoms with van der Waals surface area (Å²) >= 11 is 0. The molecule has 0 heterocycles. The smallest absolute Gasteiger partial charge is 0.310 e. The fraction of sp³-hybridized carbons (Fsp3) is 0.667. The molecule has 2 nitrogen and oxygen atoms in total. The van der Waals surface area contributed by atoms with Gasteiger partial charge in [-0.15, -0.1) is 0 Å². The second-order valence-corrected chi connectivity index (χ2v) is 3.16. The molecular formula is C9H14O2. The van der Waals surface area contributed by atoms with E-state index in [4.69, 9.17) is 5.11 Å². The van der Waals surface area contributed by atoms with Crippen molar-refractivity contribution in [1.82, 2.24) is 0 Å². The Kier molecular flexibility index (Phi) is 2.69.